The summed E-state index contributed by atoms with van der Waals surface area (Å²) >= 11 is 0. The van der Waals surface area contributed by atoms with Crippen LogP contribution in [-0.2, 0) is 22.3 Å². The first-order valence-corrected chi connectivity index (χ1v) is 10.0. The standard InChI is InChI=1S/C22H27F3N4O3/c1-14(2)29(20(31)32-21(3,4)5)12-19(30)26-11-17-10-18(28-13-27-17)15-6-8-16(9-7-15)22(23,24)25/h6-10,13-14H,11-12H2,1-5H3,(H,26,30). The highest BCUT2D eigenvalue weighted by atomic mass is 19.4. The summed E-state index contributed by atoms with van der Waals surface area (Å²) in [5, 5.41) is 2.68. The molecule has 0 saturated carbocycles. The number of aromatic nitrogens is 2. The minimum absolute atomic E-state index is 0.0647. The number of nitrogens with zero attached hydrogens (tertiary/aromatic N) is 3. The molecule has 7 nitrogen and oxygen atoms in total. The normalized spacial score (nSPS) is 11.9. The number of hydrogen-bond donors (Lipinski definition) is 1. The van der Waals surface area contributed by atoms with Crippen molar-refractivity contribution in [3.63, 3.8) is 0 Å². The predicted molar refractivity (Wildman–Crippen MR) is 112 cm³/mol. The summed E-state index contributed by atoms with van der Waals surface area (Å²) in [6.07, 6.45) is -3.73. The molecule has 2 amide bonds. The molecule has 10 heteroatoms. The number of hydrogen-bond acceptors (Lipinski definition) is 5. The molecule has 1 aromatic heterocycles. The van der Waals surface area contributed by atoms with Gasteiger partial charge in [0.1, 0.15) is 18.5 Å². The molecule has 0 atom stereocenters. The van der Waals surface area contributed by atoms with Gasteiger partial charge in [-0.15, -0.1) is 0 Å². The minimum Gasteiger partial charge on any atom is -0.444 e. The van der Waals surface area contributed by atoms with Crippen molar-refractivity contribution < 1.29 is 27.5 Å². The van der Waals surface area contributed by atoms with E-state index in [1.54, 1.807) is 40.7 Å². The molecule has 0 aliphatic carbocycles. The van der Waals surface area contributed by atoms with Crippen LogP contribution in [-0.4, -0.2) is 45.1 Å². The van der Waals surface area contributed by atoms with Crippen LogP contribution in [0, 0.1) is 0 Å². The number of carbonyl (C=O) groups is 2. The molecule has 0 saturated heterocycles. The van der Waals surface area contributed by atoms with E-state index >= 15 is 0 Å². The zero-order valence-corrected chi connectivity index (χ0v) is 18.7. The molecule has 2 aromatic rings. The molecule has 0 radical (unpaired) electrons. The van der Waals surface area contributed by atoms with Crippen LogP contribution >= 0.6 is 0 Å². The van der Waals surface area contributed by atoms with Gasteiger partial charge >= 0.3 is 12.3 Å². The minimum atomic E-state index is -4.41. The fraction of sp³-hybridized carbons (Fsp3) is 0.455. The summed E-state index contributed by atoms with van der Waals surface area (Å²) in [5.41, 5.74) is -0.0466. The maximum Gasteiger partial charge on any atom is 0.416 e. The van der Waals surface area contributed by atoms with Crippen LogP contribution in [0.1, 0.15) is 45.9 Å². The molecule has 1 N–H and O–H groups in total. The molecule has 0 unspecified atom stereocenters. The number of nitrogens with one attached hydrogen (secondary N) is 1. The summed E-state index contributed by atoms with van der Waals surface area (Å²) in [5.74, 6) is -0.403. The third-order valence-corrected chi connectivity index (χ3v) is 4.26. The lowest BCUT2D eigenvalue weighted by atomic mass is 10.1. The Morgan fingerprint density at radius 1 is 1.09 bits per heavy atom. The number of rotatable bonds is 6. The molecular formula is C22H27F3N4O3. The largest absolute Gasteiger partial charge is 0.444 e. The predicted octanol–water partition coefficient (Wildman–Crippen LogP) is 4.42. The highest BCUT2D eigenvalue weighted by Gasteiger charge is 2.30. The lowest BCUT2D eigenvalue weighted by molar-refractivity contribution is -0.137. The van der Waals surface area contributed by atoms with Gasteiger partial charge in [-0.3, -0.25) is 9.69 Å². The fourth-order valence-electron chi connectivity index (χ4n) is 2.66. The SMILES string of the molecule is CC(C)N(CC(=O)NCc1cc(-c2ccc(C(F)(F)F)cc2)ncn1)C(=O)OC(C)(C)C. The first-order valence-electron chi connectivity index (χ1n) is 10.0. The Balaban J connectivity index is 2.01. The van der Waals surface area contributed by atoms with E-state index in [2.05, 4.69) is 15.3 Å². The van der Waals surface area contributed by atoms with Crippen molar-refractivity contribution in [1.29, 1.82) is 0 Å². The number of benzene rings is 1. The van der Waals surface area contributed by atoms with E-state index in [4.69, 9.17) is 4.74 Å². The molecule has 2 rings (SSSR count). The molecule has 0 fully saturated rings. The van der Waals surface area contributed by atoms with Gasteiger partial charge in [0.2, 0.25) is 5.91 Å². The van der Waals surface area contributed by atoms with Gasteiger partial charge in [-0.05, 0) is 52.8 Å². The van der Waals surface area contributed by atoms with Gasteiger partial charge in [0.15, 0.2) is 0 Å². The van der Waals surface area contributed by atoms with Crippen LogP contribution in [0.2, 0.25) is 0 Å². The van der Waals surface area contributed by atoms with E-state index in [-0.39, 0.29) is 19.1 Å². The van der Waals surface area contributed by atoms with E-state index < -0.39 is 29.3 Å². The summed E-state index contributed by atoms with van der Waals surface area (Å²) in [7, 11) is 0. The lowest BCUT2D eigenvalue weighted by Gasteiger charge is -2.29. The molecule has 1 heterocycles. The molecule has 0 aliphatic heterocycles. The molecule has 1 aromatic carbocycles. The Bertz CT molecular complexity index is 939. The van der Waals surface area contributed by atoms with Crippen molar-refractivity contribution in [2.24, 2.45) is 0 Å². The Kier molecular flexibility index (Phi) is 7.82. The van der Waals surface area contributed by atoms with E-state index in [0.29, 0.717) is 17.0 Å². The van der Waals surface area contributed by atoms with E-state index in [1.165, 1.54) is 23.4 Å². The smallest absolute Gasteiger partial charge is 0.416 e. The third-order valence-electron chi connectivity index (χ3n) is 4.26. The van der Waals surface area contributed by atoms with Gasteiger partial charge in [-0.25, -0.2) is 14.8 Å². The highest BCUT2D eigenvalue weighted by molar-refractivity contribution is 5.82. The Morgan fingerprint density at radius 2 is 1.72 bits per heavy atom. The van der Waals surface area contributed by atoms with E-state index in [1.807, 2.05) is 0 Å². The summed E-state index contributed by atoms with van der Waals surface area (Å²) in [6, 6.07) is 5.95. The molecule has 0 aliphatic rings. The second-order valence-electron chi connectivity index (χ2n) is 8.45. The molecule has 0 bridgehead atoms. The van der Waals surface area contributed by atoms with Crippen LogP contribution in [0.15, 0.2) is 36.7 Å². The zero-order valence-electron chi connectivity index (χ0n) is 18.7. The van der Waals surface area contributed by atoms with E-state index in [9.17, 15) is 22.8 Å². The van der Waals surface area contributed by atoms with Crippen LogP contribution in [0.3, 0.4) is 0 Å². The summed E-state index contributed by atoms with van der Waals surface area (Å²) < 4.78 is 43.5. The van der Waals surface area contributed by atoms with Crippen LogP contribution in [0.5, 0.6) is 0 Å². The molecule has 0 spiro atoms. The number of ether oxygens (including phenoxy) is 1. The number of amides is 2. The van der Waals surface area contributed by atoms with Gasteiger partial charge in [-0.1, -0.05) is 12.1 Å². The fourth-order valence-corrected chi connectivity index (χ4v) is 2.66. The van der Waals surface area contributed by atoms with E-state index in [0.717, 1.165) is 12.1 Å². The molecule has 174 valence electrons. The quantitative estimate of drug-likeness (QED) is 0.701. The Hall–Kier alpha value is -3.17. The molecule has 32 heavy (non-hydrogen) atoms. The van der Waals surface area contributed by atoms with Crippen molar-refractivity contribution in [2.75, 3.05) is 6.54 Å². The van der Waals surface area contributed by atoms with Crippen LogP contribution in [0.4, 0.5) is 18.0 Å². The van der Waals surface area contributed by atoms with Crippen LogP contribution < -0.4 is 5.32 Å². The van der Waals surface area contributed by atoms with Crippen molar-refractivity contribution in [3.8, 4) is 11.3 Å². The first-order chi connectivity index (χ1) is 14.8. The topological polar surface area (TPSA) is 84.4 Å². The third kappa shape index (κ3) is 7.51. The average molecular weight is 452 g/mol. The second kappa shape index (κ2) is 9.97. The van der Waals surface area contributed by atoms with Gasteiger partial charge < -0.3 is 10.1 Å². The number of halogens is 3. The zero-order chi connectivity index (χ0) is 24.1. The van der Waals surface area contributed by atoms with Gasteiger partial charge in [0.05, 0.1) is 23.5 Å². The summed E-state index contributed by atoms with van der Waals surface area (Å²) in [4.78, 5) is 34.2. The Labute approximate surface area is 185 Å². The highest BCUT2D eigenvalue weighted by Crippen LogP contribution is 2.30. The number of alkyl halides is 3. The number of carbonyl (C=O) groups excluding carboxylic acids is 2. The maximum atomic E-state index is 12.7. The second-order valence-corrected chi connectivity index (χ2v) is 8.45. The average Bonchev–Trinajstić information content (AvgIpc) is 2.68. The monoisotopic (exact) mass is 452 g/mol. The van der Waals surface area contributed by atoms with Crippen LogP contribution in [0.25, 0.3) is 11.3 Å². The maximum absolute atomic E-state index is 12.7. The van der Waals surface area contributed by atoms with Gasteiger partial charge in [0, 0.05) is 11.6 Å². The van der Waals surface area contributed by atoms with Crippen molar-refractivity contribution in [3.05, 3.63) is 47.9 Å². The van der Waals surface area contributed by atoms with Gasteiger partial charge in [-0.2, -0.15) is 13.2 Å². The first kappa shape index (κ1) is 25.1. The van der Waals surface area contributed by atoms with Crippen molar-refractivity contribution in [2.45, 2.75) is 59.0 Å². The summed E-state index contributed by atoms with van der Waals surface area (Å²) in [6.45, 7) is 8.65. The Morgan fingerprint density at radius 3 is 2.25 bits per heavy atom. The van der Waals surface area contributed by atoms with Gasteiger partial charge in [0.25, 0.3) is 0 Å². The molecular weight excluding hydrogens is 425 g/mol. The lowest BCUT2D eigenvalue weighted by Crippen LogP contribution is -2.46. The van der Waals surface area contributed by atoms with Crippen molar-refractivity contribution >= 4 is 12.0 Å². The van der Waals surface area contributed by atoms with Crippen molar-refractivity contribution in [1.82, 2.24) is 20.2 Å².